The predicted octanol–water partition coefficient (Wildman–Crippen LogP) is 1.96. The summed E-state index contributed by atoms with van der Waals surface area (Å²) in [5.41, 5.74) is 0.399. The molecule has 0 aromatic carbocycles. The van der Waals surface area contributed by atoms with Gasteiger partial charge in [-0.3, -0.25) is 9.78 Å². The number of fused-ring (bicyclic) bond motifs is 1. The summed E-state index contributed by atoms with van der Waals surface area (Å²) in [7, 11) is 0. The van der Waals surface area contributed by atoms with Crippen molar-refractivity contribution in [1.82, 2.24) is 19.9 Å². The van der Waals surface area contributed by atoms with Crippen molar-refractivity contribution in [2.24, 2.45) is 0 Å². The zero-order valence-electron chi connectivity index (χ0n) is 16.1. The number of ether oxygens (including phenoxy) is 2. The van der Waals surface area contributed by atoms with Gasteiger partial charge in [-0.25, -0.2) is 14.8 Å². The SMILES string of the molecule is O=C(O)C(F)(F)F.O=C(c1ccncn1)N1C[C@@H](Oc2cccnc2)[C@H]2OCCC[C@H]21. The molecule has 166 valence electrons. The molecule has 31 heavy (non-hydrogen) atoms. The molecule has 4 rings (SSSR count). The number of aromatic nitrogens is 3. The van der Waals surface area contributed by atoms with E-state index in [-0.39, 0.29) is 24.2 Å². The number of halogens is 3. The van der Waals surface area contributed by atoms with E-state index in [0.29, 0.717) is 24.6 Å². The highest BCUT2D eigenvalue weighted by atomic mass is 19.4. The molecular formula is C19H19F3N4O5. The van der Waals surface area contributed by atoms with Crippen LogP contribution in [0.3, 0.4) is 0 Å². The highest BCUT2D eigenvalue weighted by Crippen LogP contribution is 2.32. The molecule has 12 heteroatoms. The lowest BCUT2D eigenvalue weighted by atomic mass is 10.0. The van der Waals surface area contributed by atoms with E-state index < -0.39 is 12.1 Å². The minimum Gasteiger partial charge on any atom is -0.484 e. The second-order valence-corrected chi connectivity index (χ2v) is 6.75. The molecule has 9 nitrogen and oxygen atoms in total. The Kier molecular flexibility index (Phi) is 7.00. The molecule has 1 N–H and O–H groups in total. The average Bonchev–Trinajstić information content (AvgIpc) is 3.13. The summed E-state index contributed by atoms with van der Waals surface area (Å²) in [6, 6.07) is 5.34. The first-order valence-corrected chi connectivity index (χ1v) is 9.32. The van der Waals surface area contributed by atoms with Crippen molar-refractivity contribution >= 4 is 11.9 Å². The molecule has 2 fully saturated rings. The van der Waals surface area contributed by atoms with Gasteiger partial charge in [0.05, 0.1) is 18.8 Å². The van der Waals surface area contributed by atoms with Gasteiger partial charge in [0.1, 0.15) is 30.0 Å². The van der Waals surface area contributed by atoms with Crippen LogP contribution in [0.4, 0.5) is 13.2 Å². The van der Waals surface area contributed by atoms with Crippen molar-refractivity contribution in [3.05, 3.63) is 48.8 Å². The second kappa shape index (κ2) is 9.69. The lowest BCUT2D eigenvalue weighted by molar-refractivity contribution is -0.192. The third-order valence-corrected chi connectivity index (χ3v) is 4.70. The number of hydrogen-bond acceptors (Lipinski definition) is 7. The minimum atomic E-state index is -5.08. The van der Waals surface area contributed by atoms with E-state index in [1.54, 1.807) is 24.7 Å². The Morgan fingerprint density at radius 2 is 2.00 bits per heavy atom. The lowest BCUT2D eigenvalue weighted by Gasteiger charge is -2.31. The van der Waals surface area contributed by atoms with Gasteiger partial charge in [0.15, 0.2) is 0 Å². The number of amides is 1. The lowest BCUT2D eigenvalue weighted by Crippen LogP contribution is -2.44. The van der Waals surface area contributed by atoms with Crippen LogP contribution < -0.4 is 4.74 Å². The molecule has 2 aromatic heterocycles. The van der Waals surface area contributed by atoms with E-state index in [0.717, 1.165) is 12.8 Å². The fourth-order valence-corrected chi connectivity index (χ4v) is 3.40. The molecule has 0 spiro atoms. The van der Waals surface area contributed by atoms with Crippen LogP contribution in [0.2, 0.25) is 0 Å². The standard InChI is InChI=1S/C17H18N4O3.C2HF3O2/c22-17(13-5-7-19-11-20-13)21-10-15(16-14(21)4-2-8-23-16)24-12-3-1-6-18-9-12;3-2(4,5)1(6)7/h1,3,5-7,9,11,14-16H,2,4,8,10H2;(H,6,7)/t14-,15-,16+;/m1./s1. The number of carboxylic acid groups (broad SMARTS) is 1. The molecule has 2 aliphatic heterocycles. The van der Waals surface area contributed by atoms with Crippen LogP contribution in [0, 0.1) is 0 Å². The van der Waals surface area contributed by atoms with Crippen LogP contribution in [0.5, 0.6) is 5.75 Å². The number of nitrogens with zero attached hydrogens (tertiary/aromatic N) is 4. The molecule has 2 aliphatic rings. The molecule has 2 saturated heterocycles. The van der Waals surface area contributed by atoms with Crippen LogP contribution in [-0.2, 0) is 9.53 Å². The van der Waals surface area contributed by atoms with Crippen LogP contribution >= 0.6 is 0 Å². The molecule has 1 amide bonds. The molecule has 2 aromatic rings. The van der Waals surface area contributed by atoms with Gasteiger partial charge >= 0.3 is 12.1 Å². The zero-order valence-corrected chi connectivity index (χ0v) is 16.1. The molecule has 0 radical (unpaired) electrons. The quantitative estimate of drug-likeness (QED) is 0.770. The van der Waals surface area contributed by atoms with Crippen molar-refractivity contribution in [2.45, 2.75) is 37.3 Å². The average molecular weight is 440 g/mol. The summed E-state index contributed by atoms with van der Waals surface area (Å²) >= 11 is 0. The summed E-state index contributed by atoms with van der Waals surface area (Å²) in [6.45, 7) is 1.18. The van der Waals surface area contributed by atoms with Crippen molar-refractivity contribution in [3.8, 4) is 5.75 Å². The van der Waals surface area contributed by atoms with E-state index in [9.17, 15) is 18.0 Å². The molecule has 0 saturated carbocycles. The molecule has 0 bridgehead atoms. The van der Waals surface area contributed by atoms with Gasteiger partial charge in [0, 0.05) is 19.0 Å². The molecule has 0 unspecified atom stereocenters. The van der Waals surface area contributed by atoms with Gasteiger partial charge in [-0.2, -0.15) is 13.2 Å². The van der Waals surface area contributed by atoms with Gasteiger partial charge in [-0.15, -0.1) is 0 Å². The third kappa shape index (κ3) is 5.66. The van der Waals surface area contributed by atoms with E-state index in [4.69, 9.17) is 19.4 Å². The third-order valence-electron chi connectivity index (χ3n) is 4.70. The topological polar surface area (TPSA) is 115 Å². The van der Waals surface area contributed by atoms with Crippen LogP contribution in [0.15, 0.2) is 43.1 Å². The van der Waals surface area contributed by atoms with E-state index in [1.807, 2.05) is 17.0 Å². The Balaban J connectivity index is 0.000000339. The van der Waals surface area contributed by atoms with Gasteiger partial charge in [0.2, 0.25) is 0 Å². The van der Waals surface area contributed by atoms with Crippen molar-refractivity contribution in [2.75, 3.05) is 13.2 Å². The predicted molar refractivity (Wildman–Crippen MR) is 98.2 cm³/mol. The van der Waals surface area contributed by atoms with E-state index in [1.165, 1.54) is 6.33 Å². The summed E-state index contributed by atoms with van der Waals surface area (Å²) in [6.07, 6.45) is 2.79. The van der Waals surface area contributed by atoms with Crippen LogP contribution in [0.25, 0.3) is 0 Å². The number of carboxylic acids is 1. The Morgan fingerprint density at radius 3 is 2.61 bits per heavy atom. The Hall–Kier alpha value is -3.28. The minimum absolute atomic E-state index is 0.0166. The smallest absolute Gasteiger partial charge is 0.484 e. The first kappa shape index (κ1) is 22.4. The van der Waals surface area contributed by atoms with E-state index in [2.05, 4.69) is 15.0 Å². The largest absolute Gasteiger partial charge is 0.490 e. The highest BCUT2D eigenvalue weighted by Gasteiger charge is 2.47. The number of aliphatic carboxylic acids is 1. The summed E-state index contributed by atoms with van der Waals surface area (Å²) in [4.78, 5) is 35.5. The van der Waals surface area contributed by atoms with Gasteiger partial charge < -0.3 is 19.5 Å². The summed E-state index contributed by atoms with van der Waals surface area (Å²) < 4.78 is 43.7. The monoisotopic (exact) mass is 440 g/mol. The Bertz CT molecular complexity index is 885. The Labute approximate surface area is 174 Å². The zero-order chi connectivity index (χ0) is 22.4. The molecule has 4 heterocycles. The number of carbonyl (C=O) groups excluding carboxylic acids is 1. The maximum atomic E-state index is 12.8. The number of likely N-dealkylation sites (tertiary alicyclic amines) is 1. The second-order valence-electron chi connectivity index (χ2n) is 6.75. The summed E-state index contributed by atoms with van der Waals surface area (Å²) in [5, 5.41) is 7.12. The number of hydrogen-bond donors (Lipinski definition) is 1. The summed E-state index contributed by atoms with van der Waals surface area (Å²) in [5.74, 6) is -2.17. The van der Waals surface area contributed by atoms with Crippen LogP contribution in [-0.4, -0.2) is 74.4 Å². The molecule has 3 atom stereocenters. The van der Waals surface area contributed by atoms with Gasteiger partial charge in [-0.05, 0) is 31.0 Å². The number of alkyl halides is 3. The first-order chi connectivity index (χ1) is 14.8. The highest BCUT2D eigenvalue weighted by molar-refractivity contribution is 5.92. The number of rotatable bonds is 3. The van der Waals surface area contributed by atoms with Crippen molar-refractivity contribution < 1.29 is 37.3 Å². The number of carbonyl (C=O) groups is 2. The fourth-order valence-electron chi connectivity index (χ4n) is 3.40. The van der Waals surface area contributed by atoms with Gasteiger partial charge in [-0.1, -0.05) is 0 Å². The van der Waals surface area contributed by atoms with E-state index >= 15 is 0 Å². The van der Waals surface area contributed by atoms with Gasteiger partial charge in [0.25, 0.3) is 5.91 Å². The Morgan fingerprint density at radius 1 is 1.23 bits per heavy atom. The number of pyridine rings is 1. The molecular weight excluding hydrogens is 421 g/mol. The molecule has 0 aliphatic carbocycles. The maximum Gasteiger partial charge on any atom is 0.490 e. The normalized spacial score (nSPS) is 22.7. The fraction of sp³-hybridized carbons (Fsp3) is 0.421. The first-order valence-electron chi connectivity index (χ1n) is 9.32. The van der Waals surface area contributed by atoms with Crippen molar-refractivity contribution in [3.63, 3.8) is 0 Å². The maximum absolute atomic E-state index is 12.8. The van der Waals surface area contributed by atoms with Crippen LogP contribution in [0.1, 0.15) is 23.3 Å². The van der Waals surface area contributed by atoms with Crippen molar-refractivity contribution in [1.29, 1.82) is 0 Å².